The predicted octanol–water partition coefficient (Wildman–Crippen LogP) is 6.36. The highest BCUT2D eigenvalue weighted by Crippen LogP contribution is 2.33. The van der Waals surface area contributed by atoms with E-state index in [0.717, 1.165) is 45.1 Å². The number of carbonyl (C=O) groups is 2. The molecule has 0 bridgehead atoms. The Kier molecular flexibility index (Phi) is 8.66. The lowest BCUT2D eigenvalue weighted by Gasteiger charge is -2.23. The van der Waals surface area contributed by atoms with Gasteiger partial charge in [-0.2, -0.15) is 5.10 Å². The molecular formula is C31H35N5O3. The van der Waals surface area contributed by atoms with Crippen molar-refractivity contribution in [3.05, 3.63) is 89.6 Å². The van der Waals surface area contributed by atoms with E-state index in [0.29, 0.717) is 18.8 Å². The number of hydrogen-bond donors (Lipinski definition) is 2. The van der Waals surface area contributed by atoms with Gasteiger partial charge in [-0.25, -0.2) is 9.48 Å². The van der Waals surface area contributed by atoms with E-state index in [-0.39, 0.29) is 18.5 Å². The summed E-state index contributed by atoms with van der Waals surface area (Å²) in [5, 5.41) is 10.8. The number of urea groups is 1. The molecule has 1 aromatic heterocycles. The SMILES string of the molecule is CCCN(CC(=O)Nc1c(-c2ccccc2)c(C)nn1-c1ccc(OC)cc1)C(=O)Nc1c(C)cccc1C. The van der Waals surface area contributed by atoms with E-state index in [1.807, 2.05) is 100 Å². The number of anilines is 2. The topological polar surface area (TPSA) is 88.5 Å². The first-order valence-electron chi connectivity index (χ1n) is 13.0. The van der Waals surface area contributed by atoms with Crippen LogP contribution in [0, 0.1) is 20.8 Å². The summed E-state index contributed by atoms with van der Waals surface area (Å²) in [7, 11) is 1.62. The molecule has 0 saturated carbocycles. The summed E-state index contributed by atoms with van der Waals surface area (Å²) in [6.07, 6.45) is 0.714. The second-order valence-electron chi connectivity index (χ2n) is 9.45. The highest BCUT2D eigenvalue weighted by molar-refractivity contribution is 5.99. The van der Waals surface area contributed by atoms with Gasteiger partial charge in [-0.1, -0.05) is 55.5 Å². The van der Waals surface area contributed by atoms with E-state index in [9.17, 15) is 9.59 Å². The first-order chi connectivity index (χ1) is 18.8. The molecule has 0 aliphatic rings. The molecule has 0 aliphatic heterocycles. The standard InChI is InChI=1S/C31H35N5O3/c1-6-19-35(31(38)33-29-21(2)11-10-12-22(29)3)20-27(37)32-30-28(24-13-8-7-9-14-24)23(4)34-36(30)25-15-17-26(39-5)18-16-25/h7-18H,6,19-20H2,1-5H3,(H,32,37)(H,33,38). The van der Waals surface area contributed by atoms with Gasteiger partial charge < -0.3 is 20.3 Å². The van der Waals surface area contributed by atoms with Gasteiger partial charge in [0, 0.05) is 17.8 Å². The number of nitrogens with one attached hydrogen (secondary N) is 2. The summed E-state index contributed by atoms with van der Waals surface area (Å²) in [6.45, 7) is 8.13. The third-order valence-electron chi connectivity index (χ3n) is 6.53. The molecule has 39 heavy (non-hydrogen) atoms. The normalized spacial score (nSPS) is 10.7. The number of hydrogen-bond acceptors (Lipinski definition) is 4. The molecule has 8 nitrogen and oxygen atoms in total. The van der Waals surface area contributed by atoms with E-state index >= 15 is 0 Å². The van der Waals surface area contributed by atoms with Crippen molar-refractivity contribution in [2.75, 3.05) is 30.8 Å². The minimum absolute atomic E-state index is 0.105. The van der Waals surface area contributed by atoms with Crippen molar-refractivity contribution in [3.63, 3.8) is 0 Å². The van der Waals surface area contributed by atoms with Crippen LogP contribution in [0.5, 0.6) is 5.75 Å². The van der Waals surface area contributed by atoms with Gasteiger partial charge in [0.1, 0.15) is 18.1 Å². The van der Waals surface area contributed by atoms with Crippen molar-refractivity contribution in [1.29, 1.82) is 0 Å². The van der Waals surface area contributed by atoms with Crippen molar-refractivity contribution < 1.29 is 14.3 Å². The summed E-state index contributed by atoms with van der Waals surface area (Å²) < 4.78 is 7.02. The van der Waals surface area contributed by atoms with E-state index in [4.69, 9.17) is 9.84 Å². The van der Waals surface area contributed by atoms with Crippen LogP contribution in [0.4, 0.5) is 16.3 Å². The maximum Gasteiger partial charge on any atom is 0.322 e. The average molecular weight is 526 g/mol. The number of rotatable bonds is 9. The minimum atomic E-state index is -0.313. The second-order valence-corrected chi connectivity index (χ2v) is 9.45. The van der Waals surface area contributed by atoms with Crippen LogP contribution in [0.15, 0.2) is 72.8 Å². The quantitative estimate of drug-likeness (QED) is 0.266. The maximum atomic E-state index is 13.5. The van der Waals surface area contributed by atoms with Gasteiger partial charge in [0.25, 0.3) is 0 Å². The number of carbonyl (C=O) groups excluding carboxylic acids is 2. The molecule has 2 N–H and O–H groups in total. The van der Waals surface area contributed by atoms with Gasteiger partial charge in [0.2, 0.25) is 5.91 Å². The maximum absolute atomic E-state index is 13.5. The molecule has 0 radical (unpaired) electrons. The first kappa shape index (κ1) is 27.4. The monoisotopic (exact) mass is 525 g/mol. The van der Waals surface area contributed by atoms with Gasteiger partial charge in [-0.3, -0.25) is 4.79 Å². The molecule has 0 aliphatic carbocycles. The Hall–Kier alpha value is -4.59. The van der Waals surface area contributed by atoms with Gasteiger partial charge in [0.15, 0.2) is 0 Å². The fourth-order valence-electron chi connectivity index (χ4n) is 4.57. The minimum Gasteiger partial charge on any atom is -0.497 e. The molecule has 3 amide bonds. The smallest absolute Gasteiger partial charge is 0.322 e. The average Bonchev–Trinajstić information content (AvgIpc) is 3.26. The lowest BCUT2D eigenvalue weighted by atomic mass is 10.1. The van der Waals surface area contributed by atoms with E-state index in [1.165, 1.54) is 4.90 Å². The van der Waals surface area contributed by atoms with Crippen LogP contribution in [-0.2, 0) is 4.79 Å². The fourth-order valence-corrected chi connectivity index (χ4v) is 4.57. The third-order valence-corrected chi connectivity index (χ3v) is 6.53. The highest BCUT2D eigenvalue weighted by Gasteiger charge is 2.23. The van der Waals surface area contributed by atoms with Crippen molar-refractivity contribution in [3.8, 4) is 22.6 Å². The Balaban J connectivity index is 1.64. The molecule has 8 heteroatoms. The van der Waals surface area contributed by atoms with Crippen LogP contribution in [0.1, 0.15) is 30.2 Å². The van der Waals surface area contributed by atoms with E-state index < -0.39 is 0 Å². The lowest BCUT2D eigenvalue weighted by Crippen LogP contribution is -2.41. The van der Waals surface area contributed by atoms with Gasteiger partial charge in [-0.15, -0.1) is 0 Å². The molecular weight excluding hydrogens is 490 g/mol. The Morgan fingerprint density at radius 1 is 0.897 bits per heavy atom. The molecule has 4 aromatic rings. The number of methoxy groups -OCH3 is 1. The van der Waals surface area contributed by atoms with Crippen LogP contribution in [0.25, 0.3) is 16.8 Å². The molecule has 3 aromatic carbocycles. The summed E-state index contributed by atoms with van der Waals surface area (Å²) >= 11 is 0. The highest BCUT2D eigenvalue weighted by atomic mass is 16.5. The largest absolute Gasteiger partial charge is 0.497 e. The summed E-state index contributed by atoms with van der Waals surface area (Å²) in [5.41, 5.74) is 6.00. The Bertz CT molecular complexity index is 1430. The van der Waals surface area contributed by atoms with Crippen LogP contribution >= 0.6 is 0 Å². The van der Waals surface area contributed by atoms with Crippen LogP contribution in [0.3, 0.4) is 0 Å². The van der Waals surface area contributed by atoms with E-state index in [1.54, 1.807) is 11.8 Å². The summed E-state index contributed by atoms with van der Waals surface area (Å²) in [6, 6.07) is 22.8. The number of ether oxygens (including phenoxy) is 1. The summed E-state index contributed by atoms with van der Waals surface area (Å²) in [4.78, 5) is 28.2. The second kappa shape index (κ2) is 12.3. The Morgan fingerprint density at radius 3 is 2.18 bits per heavy atom. The van der Waals surface area contributed by atoms with Crippen molar-refractivity contribution in [2.24, 2.45) is 0 Å². The van der Waals surface area contributed by atoms with Crippen molar-refractivity contribution in [2.45, 2.75) is 34.1 Å². The van der Waals surface area contributed by atoms with Gasteiger partial charge in [-0.05, 0) is 68.1 Å². The molecule has 202 valence electrons. The molecule has 0 atom stereocenters. The van der Waals surface area contributed by atoms with Crippen LogP contribution < -0.4 is 15.4 Å². The number of para-hydroxylation sites is 1. The number of aromatic nitrogens is 2. The Morgan fingerprint density at radius 2 is 1.56 bits per heavy atom. The van der Waals surface area contributed by atoms with Crippen molar-refractivity contribution >= 4 is 23.4 Å². The van der Waals surface area contributed by atoms with Gasteiger partial charge in [0.05, 0.1) is 18.5 Å². The summed E-state index contributed by atoms with van der Waals surface area (Å²) in [5.74, 6) is 0.953. The molecule has 0 saturated heterocycles. The number of benzene rings is 3. The molecule has 4 rings (SSSR count). The zero-order valence-electron chi connectivity index (χ0n) is 23.1. The van der Waals surface area contributed by atoms with Crippen molar-refractivity contribution in [1.82, 2.24) is 14.7 Å². The number of amides is 3. The fraction of sp³-hybridized carbons (Fsp3) is 0.258. The van der Waals surface area contributed by atoms with Gasteiger partial charge >= 0.3 is 6.03 Å². The zero-order valence-corrected chi connectivity index (χ0v) is 23.1. The van der Waals surface area contributed by atoms with E-state index in [2.05, 4.69) is 10.6 Å². The molecule has 1 heterocycles. The molecule has 0 spiro atoms. The number of aryl methyl sites for hydroxylation is 3. The third kappa shape index (κ3) is 6.29. The van der Waals surface area contributed by atoms with Crippen LogP contribution in [-0.4, -0.2) is 46.8 Å². The lowest BCUT2D eigenvalue weighted by molar-refractivity contribution is -0.116. The van der Waals surface area contributed by atoms with Crippen LogP contribution in [0.2, 0.25) is 0 Å². The first-order valence-corrected chi connectivity index (χ1v) is 13.0. The zero-order chi connectivity index (χ0) is 27.9. The molecule has 0 unspecified atom stereocenters. The predicted molar refractivity (Wildman–Crippen MR) is 156 cm³/mol. The Labute approximate surface area is 229 Å². The molecule has 0 fully saturated rings. The number of nitrogens with zero attached hydrogens (tertiary/aromatic N) is 3.